The minimum atomic E-state index is -0.918. The molecule has 8 nitrogen and oxygen atoms in total. The van der Waals surface area contributed by atoms with Crippen LogP contribution >= 0.6 is 0 Å². The first-order chi connectivity index (χ1) is 15.4. The van der Waals surface area contributed by atoms with Gasteiger partial charge in [0.05, 0.1) is 11.1 Å². The molecule has 0 bridgehead atoms. The Morgan fingerprint density at radius 2 is 1.84 bits per heavy atom. The minimum absolute atomic E-state index is 0.100. The molecule has 0 saturated carbocycles. The van der Waals surface area contributed by atoms with Crippen molar-refractivity contribution in [3.05, 3.63) is 97.4 Å². The standard InChI is InChI=1S/C14H15N3O2.C10H7NO2/c15-6-8-1-2-9-3-4-17(7-10(9)5-8)12-11(16)13(18)14(12)19;12-10(13)8-5-6-11-9-4-2-1-3-7(8)9/h1-2,5H,3-4,6-7,15-16H2;1-6H,(H,12,13). The second-order valence-electron chi connectivity index (χ2n) is 7.58. The van der Waals surface area contributed by atoms with Crippen molar-refractivity contribution in [2.24, 2.45) is 5.73 Å². The Morgan fingerprint density at radius 1 is 1.06 bits per heavy atom. The van der Waals surface area contributed by atoms with Crippen LogP contribution in [0, 0.1) is 0 Å². The number of para-hydroxylation sites is 1. The SMILES string of the molecule is NCc1ccc2c(c1)CN(c1c(N)c(=O)c1=O)CC2.O=C(O)c1ccnc2ccccc12. The molecule has 0 amide bonds. The number of rotatable bonds is 3. The quantitative estimate of drug-likeness (QED) is 0.418. The van der Waals surface area contributed by atoms with Crippen molar-refractivity contribution in [2.75, 3.05) is 17.2 Å². The van der Waals surface area contributed by atoms with Gasteiger partial charge in [0.15, 0.2) is 0 Å². The Hall–Kier alpha value is -4.04. The summed E-state index contributed by atoms with van der Waals surface area (Å²) >= 11 is 0. The van der Waals surface area contributed by atoms with Gasteiger partial charge in [-0.2, -0.15) is 0 Å². The zero-order chi connectivity index (χ0) is 22.8. The van der Waals surface area contributed by atoms with E-state index >= 15 is 0 Å². The summed E-state index contributed by atoms with van der Waals surface area (Å²) in [6.07, 6.45) is 2.35. The number of nitrogen functional groups attached to an aromatic ring is 1. The van der Waals surface area contributed by atoms with E-state index in [1.54, 1.807) is 18.2 Å². The van der Waals surface area contributed by atoms with Crippen molar-refractivity contribution in [1.29, 1.82) is 0 Å². The van der Waals surface area contributed by atoms with E-state index in [1.807, 2.05) is 17.0 Å². The Bertz CT molecular complexity index is 1380. The molecule has 1 aliphatic rings. The van der Waals surface area contributed by atoms with Crippen LogP contribution in [0.5, 0.6) is 0 Å². The summed E-state index contributed by atoms with van der Waals surface area (Å²) in [5.41, 5.74) is 15.2. The maximum Gasteiger partial charge on any atom is 0.336 e. The van der Waals surface area contributed by atoms with Crippen molar-refractivity contribution in [3.8, 4) is 0 Å². The third-order valence-corrected chi connectivity index (χ3v) is 5.64. The van der Waals surface area contributed by atoms with Crippen LogP contribution in [0.2, 0.25) is 0 Å². The van der Waals surface area contributed by atoms with E-state index in [1.165, 1.54) is 17.8 Å². The van der Waals surface area contributed by atoms with Gasteiger partial charge in [-0.05, 0) is 35.2 Å². The zero-order valence-corrected chi connectivity index (χ0v) is 17.2. The van der Waals surface area contributed by atoms with E-state index in [9.17, 15) is 14.4 Å². The summed E-state index contributed by atoms with van der Waals surface area (Å²) in [5.74, 6) is -0.918. The predicted octanol–water partition coefficient (Wildman–Crippen LogP) is 1.82. The van der Waals surface area contributed by atoms with Crippen molar-refractivity contribution >= 4 is 28.2 Å². The number of anilines is 2. The van der Waals surface area contributed by atoms with Gasteiger partial charge in [-0.3, -0.25) is 14.6 Å². The smallest absolute Gasteiger partial charge is 0.336 e. The number of nitrogens with two attached hydrogens (primary N) is 2. The van der Waals surface area contributed by atoms with Gasteiger partial charge in [-0.1, -0.05) is 36.4 Å². The number of hydrogen-bond acceptors (Lipinski definition) is 7. The first-order valence-electron chi connectivity index (χ1n) is 10.1. The van der Waals surface area contributed by atoms with Gasteiger partial charge in [0, 0.05) is 31.2 Å². The first kappa shape index (κ1) is 21.2. The summed E-state index contributed by atoms with van der Waals surface area (Å²) in [6.45, 7) is 1.82. The number of carboxylic acids is 1. The minimum Gasteiger partial charge on any atom is -0.478 e. The van der Waals surface area contributed by atoms with Gasteiger partial charge in [0.1, 0.15) is 11.4 Å². The molecule has 0 atom stereocenters. The predicted molar refractivity (Wildman–Crippen MR) is 124 cm³/mol. The molecule has 0 unspecified atom stereocenters. The topological polar surface area (TPSA) is 140 Å². The summed E-state index contributed by atoms with van der Waals surface area (Å²) < 4.78 is 0. The number of fused-ring (bicyclic) bond motifs is 2. The molecule has 0 fully saturated rings. The Labute approximate surface area is 183 Å². The lowest BCUT2D eigenvalue weighted by atomic mass is 9.96. The van der Waals surface area contributed by atoms with Gasteiger partial charge in [0.25, 0.3) is 10.9 Å². The van der Waals surface area contributed by atoms with Crippen molar-refractivity contribution in [1.82, 2.24) is 4.98 Å². The summed E-state index contributed by atoms with van der Waals surface area (Å²) in [5, 5.41) is 9.53. The molecule has 3 aromatic carbocycles. The fourth-order valence-electron chi connectivity index (χ4n) is 3.92. The molecular weight excluding hydrogens is 408 g/mol. The van der Waals surface area contributed by atoms with Gasteiger partial charge in [0.2, 0.25) is 0 Å². The van der Waals surface area contributed by atoms with E-state index in [-0.39, 0.29) is 5.69 Å². The van der Waals surface area contributed by atoms with Crippen LogP contribution in [-0.4, -0.2) is 22.6 Å². The number of carboxylic acid groups (broad SMARTS) is 1. The molecular formula is C24H22N4O4. The summed E-state index contributed by atoms with van der Waals surface area (Å²) in [4.78, 5) is 39.5. The normalized spacial score (nSPS) is 12.8. The molecule has 0 radical (unpaired) electrons. The first-order valence-corrected chi connectivity index (χ1v) is 10.1. The van der Waals surface area contributed by atoms with Crippen LogP contribution in [0.1, 0.15) is 27.0 Å². The fraction of sp³-hybridized carbons (Fsp3) is 0.167. The zero-order valence-electron chi connectivity index (χ0n) is 17.2. The molecule has 0 aliphatic carbocycles. The number of carbonyl (C=O) groups is 1. The van der Waals surface area contributed by atoms with E-state index in [0.29, 0.717) is 41.8 Å². The highest BCUT2D eigenvalue weighted by Gasteiger charge is 2.26. The Kier molecular flexibility index (Phi) is 5.70. The molecule has 2 heterocycles. The third-order valence-electron chi connectivity index (χ3n) is 5.64. The highest BCUT2D eigenvalue weighted by atomic mass is 16.4. The molecule has 0 saturated heterocycles. The molecule has 32 heavy (non-hydrogen) atoms. The van der Waals surface area contributed by atoms with Crippen LogP contribution in [0.4, 0.5) is 11.4 Å². The number of benzene rings is 2. The summed E-state index contributed by atoms with van der Waals surface area (Å²) in [6, 6.07) is 14.9. The molecule has 0 spiro atoms. The van der Waals surface area contributed by atoms with Crippen LogP contribution in [0.15, 0.2) is 64.3 Å². The van der Waals surface area contributed by atoms with Crippen LogP contribution in [0.25, 0.3) is 10.9 Å². The summed E-state index contributed by atoms with van der Waals surface area (Å²) in [7, 11) is 0. The monoisotopic (exact) mass is 430 g/mol. The number of pyridine rings is 1. The number of aromatic carboxylic acids is 1. The third kappa shape index (κ3) is 3.83. The average molecular weight is 430 g/mol. The molecule has 1 aromatic heterocycles. The highest BCUT2D eigenvalue weighted by molar-refractivity contribution is 6.02. The van der Waals surface area contributed by atoms with Crippen molar-refractivity contribution in [2.45, 2.75) is 19.5 Å². The molecule has 5 N–H and O–H groups in total. The van der Waals surface area contributed by atoms with Crippen molar-refractivity contribution in [3.63, 3.8) is 0 Å². The lowest BCUT2D eigenvalue weighted by molar-refractivity contribution is 0.0699. The number of nitrogens with zero attached hydrogens (tertiary/aromatic N) is 2. The highest BCUT2D eigenvalue weighted by Crippen LogP contribution is 2.26. The largest absolute Gasteiger partial charge is 0.478 e. The lowest BCUT2D eigenvalue weighted by Gasteiger charge is -2.31. The van der Waals surface area contributed by atoms with E-state index in [4.69, 9.17) is 16.6 Å². The van der Waals surface area contributed by atoms with Crippen LogP contribution < -0.4 is 27.2 Å². The lowest BCUT2D eigenvalue weighted by Crippen LogP contribution is -2.44. The second-order valence-corrected chi connectivity index (χ2v) is 7.58. The Balaban J connectivity index is 0.000000165. The van der Waals surface area contributed by atoms with E-state index in [0.717, 1.165) is 17.5 Å². The maximum absolute atomic E-state index is 11.6. The number of aromatic nitrogens is 1. The average Bonchev–Trinajstić information content (AvgIpc) is 2.83. The fourth-order valence-corrected chi connectivity index (χ4v) is 3.92. The molecule has 8 heteroatoms. The molecule has 162 valence electrons. The van der Waals surface area contributed by atoms with E-state index in [2.05, 4.69) is 17.1 Å². The van der Waals surface area contributed by atoms with Crippen LogP contribution in [0.3, 0.4) is 0 Å². The molecule has 5 rings (SSSR count). The Morgan fingerprint density at radius 3 is 2.56 bits per heavy atom. The van der Waals surface area contributed by atoms with Gasteiger partial charge in [-0.25, -0.2) is 4.79 Å². The van der Waals surface area contributed by atoms with Gasteiger partial charge < -0.3 is 21.5 Å². The molecule has 1 aliphatic heterocycles. The van der Waals surface area contributed by atoms with E-state index < -0.39 is 16.8 Å². The van der Waals surface area contributed by atoms with Gasteiger partial charge in [-0.15, -0.1) is 0 Å². The molecule has 4 aromatic rings. The van der Waals surface area contributed by atoms with Crippen LogP contribution in [-0.2, 0) is 19.5 Å². The second kappa shape index (κ2) is 8.60. The van der Waals surface area contributed by atoms with Gasteiger partial charge >= 0.3 is 5.97 Å². The maximum atomic E-state index is 11.6. The number of hydrogen-bond donors (Lipinski definition) is 3. The van der Waals surface area contributed by atoms with Crippen molar-refractivity contribution < 1.29 is 9.90 Å².